The van der Waals surface area contributed by atoms with Crippen LogP contribution in [0.4, 0.5) is 0 Å². The SMILES string of the molecule is c1ccc(-c2cc(-n3c4ccccc4c4cc(-c5cccc6c5c5ccccc5n6-c5ccccc5)ccc43)cc(-c3ccccc3)n2)cc1. The molecule has 234 valence electrons. The summed E-state index contributed by atoms with van der Waals surface area (Å²) in [7, 11) is 0. The Morgan fingerprint density at radius 3 is 1.52 bits per heavy atom. The largest absolute Gasteiger partial charge is 0.309 e. The first-order valence-corrected chi connectivity index (χ1v) is 17.1. The average Bonchev–Trinajstić information content (AvgIpc) is 3.71. The van der Waals surface area contributed by atoms with E-state index in [1.165, 1.54) is 49.2 Å². The Morgan fingerprint density at radius 2 is 0.840 bits per heavy atom. The summed E-state index contributed by atoms with van der Waals surface area (Å²) in [6.07, 6.45) is 0. The Labute approximate surface area is 290 Å². The molecule has 10 rings (SSSR count). The molecule has 10 aromatic rings. The van der Waals surface area contributed by atoms with E-state index in [2.05, 4.69) is 197 Å². The number of rotatable bonds is 5. The van der Waals surface area contributed by atoms with E-state index in [0.717, 1.165) is 39.4 Å². The van der Waals surface area contributed by atoms with Crippen LogP contribution >= 0.6 is 0 Å². The van der Waals surface area contributed by atoms with Crippen LogP contribution in [0.15, 0.2) is 188 Å². The van der Waals surface area contributed by atoms with E-state index < -0.39 is 0 Å². The molecule has 3 nitrogen and oxygen atoms in total. The van der Waals surface area contributed by atoms with E-state index in [4.69, 9.17) is 4.98 Å². The predicted molar refractivity (Wildman–Crippen MR) is 209 cm³/mol. The highest BCUT2D eigenvalue weighted by Gasteiger charge is 2.19. The van der Waals surface area contributed by atoms with Crippen molar-refractivity contribution >= 4 is 43.6 Å². The summed E-state index contributed by atoms with van der Waals surface area (Å²) < 4.78 is 4.79. The van der Waals surface area contributed by atoms with Gasteiger partial charge in [0.05, 0.1) is 39.1 Å². The molecule has 0 aliphatic carbocycles. The predicted octanol–water partition coefficient (Wildman–Crippen LogP) is 12.3. The lowest BCUT2D eigenvalue weighted by Crippen LogP contribution is -1.98. The van der Waals surface area contributed by atoms with Crippen molar-refractivity contribution in [2.45, 2.75) is 0 Å². The molecule has 0 spiro atoms. The van der Waals surface area contributed by atoms with E-state index in [1.54, 1.807) is 0 Å². The monoisotopic (exact) mass is 637 g/mol. The van der Waals surface area contributed by atoms with E-state index in [0.29, 0.717) is 0 Å². The first-order valence-electron chi connectivity index (χ1n) is 17.1. The molecule has 0 N–H and O–H groups in total. The van der Waals surface area contributed by atoms with Crippen LogP contribution in [-0.4, -0.2) is 14.1 Å². The third kappa shape index (κ3) is 4.48. The van der Waals surface area contributed by atoms with Crippen LogP contribution in [0.5, 0.6) is 0 Å². The summed E-state index contributed by atoms with van der Waals surface area (Å²) >= 11 is 0. The summed E-state index contributed by atoms with van der Waals surface area (Å²) in [5.41, 5.74) is 13.5. The van der Waals surface area contributed by atoms with Crippen molar-refractivity contribution in [3.8, 4) is 45.0 Å². The Kier molecular flexibility index (Phi) is 6.49. The zero-order valence-corrected chi connectivity index (χ0v) is 27.2. The minimum atomic E-state index is 0.950. The number of nitrogens with zero attached hydrogens (tertiary/aromatic N) is 3. The van der Waals surface area contributed by atoms with Gasteiger partial charge in [-0.2, -0.15) is 0 Å². The average molecular weight is 638 g/mol. The van der Waals surface area contributed by atoms with Gasteiger partial charge in [-0.1, -0.05) is 133 Å². The molecule has 0 atom stereocenters. The van der Waals surface area contributed by atoms with Gasteiger partial charge in [0.1, 0.15) is 0 Å². The Bertz CT molecular complexity index is 2790. The van der Waals surface area contributed by atoms with Gasteiger partial charge < -0.3 is 9.13 Å². The zero-order chi connectivity index (χ0) is 33.0. The minimum absolute atomic E-state index is 0.950. The second kappa shape index (κ2) is 11.5. The smallest absolute Gasteiger partial charge is 0.0730 e. The van der Waals surface area contributed by atoms with Gasteiger partial charge in [-0.15, -0.1) is 0 Å². The minimum Gasteiger partial charge on any atom is -0.309 e. The molecule has 0 bridgehead atoms. The van der Waals surface area contributed by atoms with Gasteiger partial charge in [-0.3, -0.25) is 0 Å². The summed E-state index contributed by atoms with van der Waals surface area (Å²) in [6, 6.07) is 67.2. The quantitative estimate of drug-likeness (QED) is 0.184. The number of hydrogen-bond donors (Lipinski definition) is 0. The molecule has 0 saturated carbocycles. The topological polar surface area (TPSA) is 22.8 Å². The lowest BCUT2D eigenvalue weighted by atomic mass is 9.98. The highest BCUT2D eigenvalue weighted by molar-refractivity contribution is 6.17. The molecule has 0 saturated heterocycles. The molecule has 0 aliphatic rings. The first-order chi connectivity index (χ1) is 24.8. The summed E-state index contributed by atoms with van der Waals surface area (Å²) in [4.78, 5) is 5.16. The van der Waals surface area contributed by atoms with Crippen LogP contribution in [0.25, 0.3) is 88.6 Å². The third-order valence-corrected chi connectivity index (χ3v) is 9.90. The lowest BCUT2D eigenvalue weighted by Gasteiger charge is -2.13. The molecular formula is C47H31N3. The summed E-state index contributed by atoms with van der Waals surface area (Å²) in [6.45, 7) is 0. The molecule has 3 heteroatoms. The first kappa shape index (κ1) is 28.3. The number of aromatic nitrogens is 3. The zero-order valence-electron chi connectivity index (χ0n) is 27.2. The van der Waals surface area contributed by atoms with Gasteiger partial charge in [-0.05, 0) is 65.7 Å². The Balaban J connectivity index is 1.22. The fourth-order valence-corrected chi connectivity index (χ4v) is 7.69. The Morgan fingerprint density at radius 1 is 0.320 bits per heavy atom. The van der Waals surface area contributed by atoms with Gasteiger partial charge in [0, 0.05) is 38.4 Å². The molecule has 50 heavy (non-hydrogen) atoms. The molecule has 0 radical (unpaired) electrons. The molecule has 3 aromatic heterocycles. The number of benzene rings is 7. The molecule has 7 aromatic carbocycles. The van der Waals surface area contributed by atoms with Crippen molar-refractivity contribution in [3.63, 3.8) is 0 Å². The van der Waals surface area contributed by atoms with Gasteiger partial charge in [0.25, 0.3) is 0 Å². The van der Waals surface area contributed by atoms with Crippen molar-refractivity contribution in [2.24, 2.45) is 0 Å². The molecular weight excluding hydrogens is 607 g/mol. The van der Waals surface area contributed by atoms with Crippen LogP contribution in [0.2, 0.25) is 0 Å². The second-order valence-corrected chi connectivity index (χ2v) is 12.8. The maximum atomic E-state index is 5.16. The van der Waals surface area contributed by atoms with Crippen LogP contribution < -0.4 is 0 Å². The second-order valence-electron chi connectivity index (χ2n) is 12.8. The highest BCUT2D eigenvalue weighted by atomic mass is 15.0. The maximum absolute atomic E-state index is 5.16. The normalized spacial score (nSPS) is 11.6. The van der Waals surface area contributed by atoms with Crippen molar-refractivity contribution < 1.29 is 0 Å². The van der Waals surface area contributed by atoms with Crippen LogP contribution in [0.3, 0.4) is 0 Å². The van der Waals surface area contributed by atoms with Gasteiger partial charge >= 0.3 is 0 Å². The van der Waals surface area contributed by atoms with Crippen LogP contribution in [0.1, 0.15) is 0 Å². The number of hydrogen-bond acceptors (Lipinski definition) is 1. The van der Waals surface area contributed by atoms with Gasteiger partial charge in [0.2, 0.25) is 0 Å². The third-order valence-electron chi connectivity index (χ3n) is 9.90. The molecule has 0 unspecified atom stereocenters. The van der Waals surface area contributed by atoms with Crippen molar-refractivity contribution in [1.82, 2.24) is 14.1 Å². The highest BCUT2D eigenvalue weighted by Crippen LogP contribution is 2.41. The summed E-state index contributed by atoms with van der Waals surface area (Å²) in [5, 5.41) is 4.97. The van der Waals surface area contributed by atoms with E-state index >= 15 is 0 Å². The van der Waals surface area contributed by atoms with Crippen molar-refractivity contribution in [2.75, 3.05) is 0 Å². The maximum Gasteiger partial charge on any atom is 0.0730 e. The number of fused-ring (bicyclic) bond motifs is 6. The number of pyridine rings is 1. The molecule has 0 fully saturated rings. The van der Waals surface area contributed by atoms with Crippen LogP contribution in [-0.2, 0) is 0 Å². The molecule has 0 amide bonds. The van der Waals surface area contributed by atoms with E-state index in [-0.39, 0.29) is 0 Å². The van der Waals surface area contributed by atoms with Crippen molar-refractivity contribution in [3.05, 3.63) is 188 Å². The molecule has 3 heterocycles. The summed E-state index contributed by atoms with van der Waals surface area (Å²) in [5.74, 6) is 0. The fraction of sp³-hybridized carbons (Fsp3) is 0. The van der Waals surface area contributed by atoms with Gasteiger partial charge in [0.15, 0.2) is 0 Å². The van der Waals surface area contributed by atoms with Crippen LogP contribution in [0, 0.1) is 0 Å². The number of para-hydroxylation sites is 3. The van der Waals surface area contributed by atoms with Gasteiger partial charge in [-0.25, -0.2) is 4.98 Å². The lowest BCUT2D eigenvalue weighted by molar-refractivity contribution is 1.16. The standard InChI is InChI=1S/C47H31N3/c1-4-15-32(16-5-1)41-30-36(31-42(48-41)33-17-6-2-7-18-33)50-43-24-12-10-21-38(43)40-29-34(27-28-45(40)50)37-23-14-26-46-47(37)39-22-11-13-25-44(39)49(46)35-19-8-3-9-20-35/h1-31H. The van der Waals surface area contributed by atoms with E-state index in [9.17, 15) is 0 Å². The Hall–Kier alpha value is -6.71. The molecule has 0 aliphatic heterocycles. The fourth-order valence-electron chi connectivity index (χ4n) is 7.69. The van der Waals surface area contributed by atoms with E-state index in [1.807, 2.05) is 0 Å². The van der Waals surface area contributed by atoms with Crippen molar-refractivity contribution in [1.29, 1.82) is 0 Å².